The van der Waals surface area contributed by atoms with E-state index >= 15 is 0 Å². The second-order valence-electron chi connectivity index (χ2n) is 4.13. The van der Waals surface area contributed by atoms with Crippen LogP contribution in [0.1, 0.15) is 15.9 Å². The van der Waals surface area contributed by atoms with Gasteiger partial charge in [-0.15, -0.1) is 0 Å². The number of carbonyl (C=O) groups excluding carboxylic acids is 1. The van der Waals surface area contributed by atoms with Crippen LogP contribution in [0.4, 0.5) is 11.4 Å². The van der Waals surface area contributed by atoms with Crippen LogP contribution in [0.2, 0.25) is 0 Å². The Kier molecular flexibility index (Phi) is 3.28. The molecule has 0 atom stereocenters. The van der Waals surface area contributed by atoms with Gasteiger partial charge in [0.2, 0.25) is 0 Å². The van der Waals surface area contributed by atoms with Crippen molar-refractivity contribution in [1.29, 1.82) is 0 Å². The van der Waals surface area contributed by atoms with Crippen molar-refractivity contribution in [2.45, 2.75) is 6.92 Å². The molecule has 0 spiro atoms. The monoisotopic (exact) mass is 260 g/mol. The van der Waals surface area contributed by atoms with E-state index in [0.29, 0.717) is 5.56 Å². The number of nitro benzene ring substituents is 1. The molecule has 1 N–H and O–H groups in total. The largest absolute Gasteiger partial charge is 0.316 e. The molecular weight excluding hydrogens is 248 g/mol. The summed E-state index contributed by atoms with van der Waals surface area (Å²) < 4.78 is 1.48. The topological polar surface area (TPSA) is 90.1 Å². The molecule has 0 radical (unpaired) electrons. The summed E-state index contributed by atoms with van der Waals surface area (Å²) in [5, 5.41) is 17.3. The number of amides is 1. The van der Waals surface area contributed by atoms with E-state index in [1.165, 1.54) is 29.2 Å². The third kappa shape index (κ3) is 2.76. The molecule has 7 nitrogen and oxygen atoms in total. The van der Waals surface area contributed by atoms with Crippen LogP contribution in [0.5, 0.6) is 0 Å². The number of nitrogens with one attached hydrogen (secondary N) is 1. The average Bonchev–Trinajstić information content (AvgIpc) is 2.78. The van der Waals surface area contributed by atoms with E-state index < -0.39 is 10.8 Å². The minimum absolute atomic E-state index is 0.128. The highest BCUT2D eigenvalue weighted by Gasteiger charge is 2.17. The molecule has 2 aromatic rings. The Balaban J connectivity index is 2.28. The first-order valence-electron chi connectivity index (χ1n) is 5.52. The zero-order valence-electron chi connectivity index (χ0n) is 10.5. The maximum absolute atomic E-state index is 11.9. The van der Waals surface area contributed by atoms with Gasteiger partial charge in [0, 0.05) is 19.3 Å². The van der Waals surface area contributed by atoms with Crippen molar-refractivity contribution in [2.75, 3.05) is 5.32 Å². The van der Waals surface area contributed by atoms with Crippen molar-refractivity contribution in [3.8, 4) is 0 Å². The molecule has 0 fully saturated rings. The summed E-state index contributed by atoms with van der Waals surface area (Å²) in [6, 6.07) is 4.63. The molecule has 1 amide bonds. The van der Waals surface area contributed by atoms with E-state index in [0.717, 1.165) is 5.56 Å². The third-order valence-corrected chi connectivity index (χ3v) is 2.57. The van der Waals surface area contributed by atoms with E-state index in [4.69, 9.17) is 0 Å². The summed E-state index contributed by atoms with van der Waals surface area (Å²) in [5.74, 6) is -0.431. The Morgan fingerprint density at radius 3 is 2.79 bits per heavy atom. The molecule has 0 unspecified atom stereocenters. The number of benzene rings is 1. The van der Waals surface area contributed by atoms with E-state index in [9.17, 15) is 14.9 Å². The van der Waals surface area contributed by atoms with E-state index in [2.05, 4.69) is 10.4 Å². The first kappa shape index (κ1) is 12.7. The Morgan fingerprint density at radius 2 is 2.21 bits per heavy atom. The molecule has 0 bridgehead atoms. The van der Waals surface area contributed by atoms with Gasteiger partial charge in [0.25, 0.3) is 11.6 Å². The number of hydrogen-bond donors (Lipinski definition) is 1. The SMILES string of the molecule is Cc1ccc(NC(=O)c2cnn(C)c2)c([N+](=O)[O-])c1. The first-order chi connectivity index (χ1) is 8.97. The molecule has 0 aliphatic carbocycles. The highest BCUT2D eigenvalue weighted by atomic mass is 16.6. The number of aryl methyl sites for hydroxylation is 2. The summed E-state index contributed by atoms with van der Waals surface area (Å²) in [4.78, 5) is 22.3. The Bertz CT molecular complexity index is 648. The van der Waals surface area contributed by atoms with Crippen molar-refractivity contribution in [3.05, 3.63) is 51.8 Å². The number of nitrogens with zero attached hydrogens (tertiary/aromatic N) is 3. The zero-order valence-corrected chi connectivity index (χ0v) is 10.5. The number of rotatable bonds is 3. The van der Waals surface area contributed by atoms with E-state index in [1.807, 2.05) is 0 Å². The van der Waals surface area contributed by atoms with Gasteiger partial charge in [-0.2, -0.15) is 5.10 Å². The second-order valence-corrected chi connectivity index (χ2v) is 4.13. The van der Waals surface area contributed by atoms with Crippen molar-refractivity contribution >= 4 is 17.3 Å². The summed E-state index contributed by atoms with van der Waals surface area (Å²) in [5.41, 5.74) is 1.14. The van der Waals surface area contributed by atoms with Gasteiger partial charge in [-0.05, 0) is 18.6 Å². The predicted molar refractivity (Wildman–Crippen MR) is 69.0 cm³/mol. The van der Waals surface area contributed by atoms with Crippen LogP contribution in [-0.2, 0) is 7.05 Å². The molecule has 1 heterocycles. The Morgan fingerprint density at radius 1 is 1.47 bits per heavy atom. The Hall–Kier alpha value is -2.70. The molecule has 0 aliphatic heterocycles. The minimum Gasteiger partial charge on any atom is -0.316 e. The van der Waals surface area contributed by atoms with Gasteiger partial charge in [-0.3, -0.25) is 19.6 Å². The van der Waals surface area contributed by atoms with E-state index in [-0.39, 0.29) is 11.4 Å². The maximum atomic E-state index is 11.9. The first-order valence-corrected chi connectivity index (χ1v) is 5.52. The fraction of sp³-hybridized carbons (Fsp3) is 0.167. The average molecular weight is 260 g/mol. The number of aromatic nitrogens is 2. The number of anilines is 1. The Labute approximate surface area is 109 Å². The normalized spacial score (nSPS) is 10.2. The van der Waals surface area contributed by atoms with Gasteiger partial charge in [-0.25, -0.2) is 0 Å². The number of nitro groups is 1. The molecule has 7 heteroatoms. The molecule has 2 rings (SSSR count). The van der Waals surface area contributed by atoms with Crippen LogP contribution >= 0.6 is 0 Å². The summed E-state index contributed by atoms with van der Waals surface area (Å²) >= 11 is 0. The standard InChI is InChI=1S/C12H12N4O3/c1-8-3-4-10(11(5-8)16(18)19)14-12(17)9-6-13-15(2)7-9/h3-7H,1-2H3,(H,14,17). The second kappa shape index (κ2) is 4.89. The summed E-state index contributed by atoms with van der Waals surface area (Å²) in [6.45, 7) is 1.75. The van der Waals surface area contributed by atoms with Gasteiger partial charge in [0.15, 0.2) is 0 Å². The molecule has 19 heavy (non-hydrogen) atoms. The van der Waals surface area contributed by atoms with Gasteiger partial charge in [0.1, 0.15) is 5.69 Å². The fourth-order valence-electron chi connectivity index (χ4n) is 1.63. The van der Waals surface area contributed by atoms with Crippen molar-refractivity contribution in [2.24, 2.45) is 7.05 Å². The van der Waals surface area contributed by atoms with Crippen LogP contribution < -0.4 is 5.32 Å². The predicted octanol–water partition coefficient (Wildman–Crippen LogP) is 1.89. The number of carbonyl (C=O) groups is 1. The zero-order chi connectivity index (χ0) is 14.0. The highest BCUT2D eigenvalue weighted by molar-refractivity contribution is 6.05. The molecule has 0 saturated carbocycles. The lowest BCUT2D eigenvalue weighted by molar-refractivity contribution is -0.384. The van der Waals surface area contributed by atoms with Gasteiger partial charge in [-0.1, -0.05) is 6.07 Å². The lowest BCUT2D eigenvalue weighted by atomic mass is 10.2. The van der Waals surface area contributed by atoms with Crippen molar-refractivity contribution in [1.82, 2.24) is 9.78 Å². The number of hydrogen-bond acceptors (Lipinski definition) is 4. The summed E-state index contributed by atoms with van der Waals surface area (Å²) in [7, 11) is 1.69. The van der Waals surface area contributed by atoms with Gasteiger partial charge < -0.3 is 5.32 Å². The molecule has 0 saturated heterocycles. The highest BCUT2D eigenvalue weighted by Crippen LogP contribution is 2.25. The van der Waals surface area contributed by atoms with Crippen LogP contribution in [0.15, 0.2) is 30.6 Å². The van der Waals surface area contributed by atoms with Crippen LogP contribution in [0.3, 0.4) is 0 Å². The van der Waals surface area contributed by atoms with Crippen LogP contribution in [-0.4, -0.2) is 20.6 Å². The smallest absolute Gasteiger partial charge is 0.293 e. The van der Waals surface area contributed by atoms with Gasteiger partial charge >= 0.3 is 0 Å². The minimum atomic E-state index is -0.522. The third-order valence-electron chi connectivity index (χ3n) is 2.57. The van der Waals surface area contributed by atoms with Crippen molar-refractivity contribution < 1.29 is 9.72 Å². The van der Waals surface area contributed by atoms with Crippen molar-refractivity contribution in [3.63, 3.8) is 0 Å². The lowest BCUT2D eigenvalue weighted by Crippen LogP contribution is -2.12. The summed E-state index contributed by atoms with van der Waals surface area (Å²) in [6.07, 6.45) is 2.94. The van der Waals surface area contributed by atoms with Gasteiger partial charge in [0.05, 0.1) is 16.7 Å². The maximum Gasteiger partial charge on any atom is 0.293 e. The molecular formula is C12H12N4O3. The van der Waals surface area contributed by atoms with E-state index in [1.54, 1.807) is 20.0 Å². The quantitative estimate of drug-likeness (QED) is 0.674. The molecule has 0 aliphatic rings. The van der Waals surface area contributed by atoms with Crippen LogP contribution in [0, 0.1) is 17.0 Å². The molecule has 1 aromatic carbocycles. The molecule has 98 valence electrons. The lowest BCUT2D eigenvalue weighted by Gasteiger charge is -2.05. The fourth-order valence-corrected chi connectivity index (χ4v) is 1.63. The van der Waals surface area contributed by atoms with Crippen LogP contribution in [0.25, 0.3) is 0 Å². The molecule has 1 aromatic heterocycles.